The summed E-state index contributed by atoms with van der Waals surface area (Å²) >= 11 is 1.66. The van der Waals surface area contributed by atoms with Gasteiger partial charge in [-0.2, -0.15) is 0 Å². The van der Waals surface area contributed by atoms with Gasteiger partial charge in [-0.1, -0.05) is 11.8 Å². The highest BCUT2D eigenvalue weighted by atomic mass is 32.2. The van der Waals surface area contributed by atoms with Crippen LogP contribution in [0.25, 0.3) is 0 Å². The fourth-order valence-corrected chi connectivity index (χ4v) is 2.53. The molecule has 0 saturated heterocycles. The van der Waals surface area contributed by atoms with E-state index in [1.54, 1.807) is 11.8 Å². The van der Waals surface area contributed by atoms with Gasteiger partial charge in [-0.05, 0) is 40.2 Å². The topological polar surface area (TPSA) is 44.2 Å². The van der Waals surface area contributed by atoms with Crippen molar-refractivity contribution in [3.8, 4) is 0 Å². The third-order valence-electron chi connectivity index (χ3n) is 2.90. The van der Waals surface area contributed by atoms with Crippen LogP contribution in [-0.4, -0.2) is 35.2 Å². The van der Waals surface area contributed by atoms with Gasteiger partial charge in [0.05, 0.1) is 0 Å². The molecule has 0 spiro atoms. The van der Waals surface area contributed by atoms with E-state index in [2.05, 4.69) is 16.9 Å². The molecule has 0 aliphatic heterocycles. The van der Waals surface area contributed by atoms with E-state index in [0.717, 1.165) is 28.7 Å². The summed E-state index contributed by atoms with van der Waals surface area (Å²) < 4.78 is 11.0. The van der Waals surface area contributed by atoms with E-state index in [1.807, 2.05) is 27.7 Å². The minimum atomic E-state index is -0.116. The van der Waals surface area contributed by atoms with E-state index in [4.69, 9.17) is 9.47 Å². The molecule has 0 atom stereocenters. The van der Waals surface area contributed by atoms with E-state index in [9.17, 15) is 0 Å². The van der Waals surface area contributed by atoms with Crippen molar-refractivity contribution in [1.29, 1.82) is 0 Å². The summed E-state index contributed by atoms with van der Waals surface area (Å²) in [6.45, 7) is 11.4. The molecule has 0 aliphatic rings. The Morgan fingerprint density at radius 1 is 1.00 bits per heavy atom. The molecule has 1 heterocycles. The lowest BCUT2D eigenvalue weighted by Gasteiger charge is -2.16. The highest BCUT2D eigenvalue weighted by Gasteiger charge is 2.10. The normalized spacial score (nSPS) is 11.3. The van der Waals surface area contributed by atoms with Gasteiger partial charge < -0.3 is 9.47 Å². The fraction of sp³-hybridized carbons (Fsp3) is 0.714. The third kappa shape index (κ3) is 5.47. The van der Waals surface area contributed by atoms with Crippen LogP contribution in [0.5, 0.6) is 0 Å². The Morgan fingerprint density at radius 3 is 2.00 bits per heavy atom. The van der Waals surface area contributed by atoms with Crippen LogP contribution in [0, 0.1) is 20.8 Å². The maximum Gasteiger partial charge on any atom is 0.187 e. The lowest BCUT2D eigenvalue weighted by molar-refractivity contribution is -0.136. The van der Waals surface area contributed by atoms with Crippen molar-refractivity contribution in [2.45, 2.75) is 52.5 Å². The van der Waals surface area contributed by atoms with Crippen LogP contribution in [0.2, 0.25) is 0 Å². The molecule has 5 heteroatoms. The Labute approximate surface area is 120 Å². The van der Waals surface area contributed by atoms with Crippen LogP contribution in [0.4, 0.5) is 0 Å². The number of hydrogen-bond acceptors (Lipinski definition) is 5. The number of hydrogen-bond donors (Lipinski definition) is 0. The van der Waals surface area contributed by atoms with Crippen LogP contribution in [-0.2, 0) is 9.47 Å². The van der Waals surface area contributed by atoms with Crippen LogP contribution in [0.3, 0.4) is 0 Å². The summed E-state index contributed by atoms with van der Waals surface area (Å²) in [5, 5.41) is 0.840. The largest absolute Gasteiger partial charge is 0.353 e. The average molecular weight is 284 g/mol. The minimum Gasteiger partial charge on any atom is -0.353 e. The molecule has 0 N–H and O–H groups in total. The molecule has 0 saturated carbocycles. The van der Waals surface area contributed by atoms with Gasteiger partial charge in [0.15, 0.2) is 11.4 Å². The third-order valence-corrected chi connectivity index (χ3v) is 3.78. The molecule has 1 aromatic rings. The predicted molar refractivity (Wildman–Crippen MR) is 78.6 cm³/mol. The smallest absolute Gasteiger partial charge is 0.187 e. The fourth-order valence-electron chi connectivity index (χ4n) is 1.64. The number of ether oxygens (including phenoxy) is 2. The van der Waals surface area contributed by atoms with E-state index in [0.29, 0.717) is 13.2 Å². The molecule has 1 rings (SSSR count). The van der Waals surface area contributed by atoms with Gasteiger partial charge in [0.1, 0.15) is 0 Å². The van der Waals surface area contributed by atoms with E-state index in [1.165, 1.54) is 5.56 Å². The molecule has 19 heavy (non-hydrogen) atoms. The monoisotopic (exact) mass is 284 g/mol. The molecule has 0 bridgehead atoms. The summed E-state index contributed by atoms with van der Waals surface area (Å²) in [4.78, 5) is 8.99. The first-order valence-corrected chi connectivity index (χ1v) is 7.74. The minimum absolute atomic E-state index is 0.116. The molecular formula is C14H24N2O2S. The second kappa shape index (κ2) is 8.51. The Kier molecular flexibility index (Phi) is 7.34. The van der Waals surface area contributed by atoms with Gasteiger partial charge in [-0.25, -0.2) is 9.97 Å². The number of thioether (sulfide) groups is 1. The summed E-state index contributed by atoms with van der Waals surface area (Å²) in [5.74, 6) is 0.895. The summed E-state index contributed by atoms with van der Waals surface area (Å²) in [6.07, 6.45) is 0.733. The van der Waals surface area contributed by atoms with E-state index in [-0.39, 0.29) is 6.29 Å². The summed E-state index contributed by atoms with van der Waals surface area (Å²) in [5.41, 5.74) is 3.29. The first-order valence-electron chi connectivity index (χ1n) is 6.76. The van der Waals surface area contributed by atoms with Crippen LogP contribution in [0.15, 0.2) is 5.16 Å². The first kappa shape index (κ1) is 16.4. The van der Waals surface area contributed by atoms with Crippen molar-refractivity contribution in [3.63, 3.8) is 0 Å². The zero-order valence-electron chi connectivity index (χ0n) is 12.5. The Morgan fingerprint density at radius 2 is 1.53 bits per heavy atom. The highest BCUT2D eigenvalue weighted by molar-refractivity contribution is 7.99. The maximum absolute atomic E-state index is 5.51. The zero-order valence-corrected chi connectivity index (χ0v) is 13.3. The second-order valence-electron chi connectivity index (χ2n) is 4.28. The first-order chi connectivity index (χ1) is 9.08. The number of nitrogens with zero attached hydrogens (tertiary/aromatic N) is 2. The molecule has 0 aromatic carbocycles. The number of aryl methyl sites for hydroxylation is 2. The molecule has 0 radical (unpaired) electrons. The SMILES string of the molecule is CCOC(CCSc1nc(C)c(C)c(C)n1)OCC. The Bertz CT molecular complexity index is 370. The van der Waals surface area contributed by atoms with Gasteiger partial charge in [0, 0.05) is 36.8 Å². The highest BCUT2D eigenvalue weighted by Crippen LogP contribution is 2.19. The lowest BCUT2D eigenvalue weighted by Crippen LogP contribution is -2.18. The Hall–Kier alpha value is -0.650. The Balaban J connectivity index is 2.48. The molecule has 0 unspecified atom stereocenters. The molecular weight excluding hydrogens is 260 g/mol. The molecule has 0 amide bonds. The van der Waals surface area contributed by atoms with Crippen molar-refractivity contribution in [1.82, 2.24) is 9.97 Å². The van der Waals surface area contributed by atoms with E-state index >= 15 is 0 Å². The summed E-state index contributed by atoms with van der Waals surface area (Å²) in [6, 6.07) is 0. The number of aromatic nitrogens is 2. The van der Waals surface area contributed by atoms with E-state index < -0.39 is 0 Å². The van der Waals surface area contributed by atoms with Crippen molar-refractivity contribution < 1.29 is 9.47 Å². The van der Waals surface area contributed by atoms with Crippen molar-refractivity contribution in [3.05, 3.63) is 17.0 Å². The zero-order chi connectivity index (χ0) is 14.3. The molecule has 0 aliphatic carbocycles. The van der Waals surface area contributed by atoms with Crippen molar-refractivity contribution in [2.75, 3.05) is 19.0 Å². The molecule has 1 aromatic heterocycles. The predicted octanol–water partition coefficient (Wildman–Crippen LogP) is 3.28. The average Bonchev–Trinajstić information content (AvgIpc) is 2.36. The van der Waals surface area contributed by atoms with Crippen molar-refractivity contribution in [2.24, 2.45) is 0 Å². The van der Waals surface area contributed by atoms with Crippen LogP contribution < -0.4 is 0 Å². The van der Waals surface area contributed by atoms with Gasteiger partial charge >= 0.3 is 0 Å². The second-order valence-corrected chi connectivity index (χ2v) is 5.34. The molecule has 0 fully saturated rings. The van der Waals surface area contributed by atoms with Gasteiger partial charge in [0.25, 0.3) is 0 Å². The standard InChI is InChI=1S/C14H24N2O2S/c1-6-17-13(18-7-2)8-9-19-14-15-11(4)10(3)12(5)16-14/h13H,6-9H2,1-5H3. The molecule has 108 valence electrons. The quantitative estimate of drug-likeness (QED) is 0.416. The van der Waals surface area contributed by atoms with Crippen LogP contribution >= 0.6 is 11.8 Å². The maximum atomic E-state index is 5.51. The van der Waals surface area contributed by atoms with Gasteiger partial charge in [-0.15, -0.1) is 0 Å². The van der Waals surface area contributed by atoms with Crippen molar-refractivity contribution >= 4 is 11.8 Å². The van der Waals surface area contributed by atoms with Gasteiger partial charge in [0.2, 0.25) is 0 Å². The van der Waals surface area contributed by atoms with Gasteiger partial charge in [-0.3, -0.25) is 0 Å². The lowest BCUT2D eigenvalue weighted by atomic mass is 10.2. The summed E-state index contributed by atoms with van der Waals surface area (Å²) in [7, 11) is 0. The van der Waals surface area contributed by atoms with Crippen LogP contribution in [0.1, 0.15) is 37.2 Å². The molecule has 4 nitrogen and oxygen atoms in total. The number of rotatable bonds is 8.